The average molecular weight is 474 g/mol. The summed E-state index contributed by atoms with van der Waals surface area (Å²) in [4.78, 5) is 15.2. The first kappa shape index (κ1) is 25.2. The smallest absolute Gasteiger partial charge is 0.264 e. The second kappa shape index (κ2) is 11.6. The van der Waals surface area contributed by atoms with Gasteiger partial charge < -0.3 is 10.1 Å². The summed E-state index contributed by atoms with van der Waals surface area (Å²) in [7, 11) is -3.90. The van der Waals surface area contributed by atoms with E-state index in [-0.39, 0.29) is 17.3 Å². The predicted molar refractivity (Wildman–Crippen MR) is 131 cm³/mol. The second-order valence-corrected chi connectivity index (χ2v) is 10.6. The number of carbonyl (C=O) groups is 1. The van der Waals surface area contributed by atoms with Crippen LogP contribution in [0.3, 0.4) is 0 Å². The van der Waals surface area contributed by atoms with Crippen LogP contribution in [0.25, 0.3) is 0 Å². The standard InChI is InChI=1S/C25H35N3O4S/c1-20(2)22-7-9-23(10-8-22)28(33(30,31)24-11-5-21(3)6-12-24)19-25(29)26-13-4-14-27-15-17-32-18-16-27/h5-12,20H,4,13-19H2,1-3H3,(H,26,29). The Morgan fingerprint density at radius 3 is 2.30 bits per heavy atom. The van der Waals surface area contributed by atoms with Crippen LogP contribution in [0, 0.1) is 6.92 Å². The minimum absolute atomic E-state index is 0.168. The molecule has 3 rings (SSSR count). The Hall–Kier alpha value is -2.42. The number of carbonyl (C=O) groups excluding carboxylic acids is 1. The molecule has 1 aliphatic rings. The van der Waals surface area contributed by atoms with Crippen LogP contribution in [-0.2, 0) is 19.6 Å². The fraction of sp³-hybridized carbons (Fsp3) is 0.480. The van der Waals surface area contributed by atoms with Crippen LogP contribution in [0.1, 0.15) is 37.3 Å². The second-order valence-electron chi connectivity index (χ2n) is 8.73. The molecule has 0 bridgehead atoms. The normalized spacial score (nSPS) is 14.9. The number of ether oxygens (including phenoxy) is 1. The molecule has 1 saturated heterocycles. The molecule has 1 aliphatic heterocycles. The molecule has 1 heterocycles. The quantitative estimate of drug-likeness (QED) is 0.537. The zero-order valence-corrected chi connectivity index (χ0v) is 20.6. The van der Waals surface area contributed by atoms with Crippen molar-refractivity contribution >= 4 is 21.6 Å². The van der Waals surface area contributed by atoms with Gasteiger partial charge in [0, 0.05) is 19.6 Å². The van der Waals surface area contributed by atoms with Crippen LogP contribution in [0.15, 0.2) is 53.4 Å². The number of aryl methyl sites for hydroxylation is 1. The number of morpholine rings is 1. The molecule has 8 heteroatoms. The minimum Gasteiger partial charge on any atom is -0.379 e. The van der Waals surface area contributed by atoms with E-state index in [1.54, 1.807) is 36.4 Å². The summed E-state index contributed by atoms with van der Waals surface area (Å²) in [5.74, 6) is 0.0107. The monoisotopic (exact) mass is 473 g/mol. The molecule has 1 N–H and O–H groups in total. The van der Waals surface area contributed by atoms with Crippen molar-refractivity contribution in [1.29, 1.82) is 0 Å². The molecular formula is C25H35N3O4S. The van der Waals surface area contributed by atoms with Gasteiger partial charge in [0.25, 0.3) is 10.0 Å². The van der Waals surface area contributed by atoms with Crippen molar-refractivity contribution in [3.05, 3.63) is 59.7 Å². The number of amides is 1. The number of nitrogens with one attached hydrogen (secondary N) is 1. The third-order valence-corrected chi connectivity index (χ3v) is 7.61. The van der Waals surface area contributed by atoms with Crippen molar-refractivity contribution in [3.63, 3.8) is 0 Å². The summed E-state index contributed by atoms with van der Waals surface area (Å²) >= 11 is 0. The van der Waals surface area contributed by atoms with Crippen LogP contribution >= 0.6 is 0 Å². The summed E-state index contributed by atoms with van der Waals surface area (Å²) in [5, 5.41) is 2.88. The van der Waals surface area contributed by atoms with Crippen molar-refractivity contribution in [2.45, 2.75) is 38.0 Å². The molecule has 2 aromatic rings. The Balaban J connectivity index is 1.71. The highest BCUT2D eigenvalue weighted by Gasteiger charge is 2.27. The summed E-state index contributed by atoms with van der Waals surface area (Å²) in [6.07, 6.45) is 0.805. The Morgan fingerprint density at radius 1 is 1.06 bits per heavy atom. The van der Waals surface area contributed by atoms with Gasteiger partial charge in [0.2, 0.25) is 5.91 Å². The number of sulfonamides is 1. The highest BCUT2D eigenvalue weighted by Crippen LogP contribution is 2.26. The molecule has 1 fully saturated rings. The van der Waals surface area contributed by atoms with Gasteiger partial charge in [-0.05, 0) is 55.6 Å². The Kier molecular flexibility index (Phi) is 8.88. The van der Waals surface area contributed by atoms with Gasteiger partial charge in [-0.25, -0.2) is 8.42 Å². The molecule has 0 saturated carbocycles. The summed E-state index contributed by atoms with van der Waals surface area (Å²) in [5.41, 5.74) is 2.56. The van der Waals surface area contributed by atoms with E-state index in [9.17, 15) is 13.2 Å². The zero-order chi connectivity index (χ0) is 23.8. The molecule has 180 valence electrons. The van der Waals surface area contributed by atoms with Gasteiger partial charge in [-0.15, -0.1) is 0 Å². The maximum absolute atomic E-state index is 13.5. The Morgan fingerprint density at radius 2 is 1.70 bits per heavy atom. The van der Waals surface area contributed by atoms with E-state index in [0.717, 1.165) is 50.4 Å². The zero-order valence-electron chi connectivity index (χ0n) is 19.8. The first-order valence-corrected chi connectivity index (χ1v) is 13.0. The lowest BCUT2D eigenvalue weighted by Crippen LogP contribution is -2.42. The maximum Gasteiger partial charge on any atom is 0.264 e. The van der Waals surface area contributed by atoms with Crippen LogP contribution in [0.5, 0.6) is 0 Å². The van der Waals surface area contributed by atoms with Gasteiger partial charge in [-0.1, -0.05) is 43.7 Å². The molecule has 0 aliphatic carbocycles. The third kappa shape index (κ3) is 7.03. The van der Waals surface area contributed by atoms with Crippen LogP contribution < -0.4 is 9.62 Å². The van der Waals surface area contributed by atoms with Crippen molar-refractivity contribution in [2.75, 3.05) is 50.2 Å². The van der Waals surface area contributed by atoms with Gasteiger partial charge in [-0.3, -0.25) is 14.0 Å². The molecule has 0 radical (unpaired) electrons. The van der Waals surface area contributed by atoms with Crippen molar-refractivity contribution < 1.29 is 17.9 Å². The van der Waals surface area contributed by atoms with Crippen LogP contribution in [-0.4, -0.2) is 65.2 Å². The summed E-state index contributed by atoms with van der Waals surface area (Å²) < 4.78 is 33.5. The minimum atomic E-state index is -3.90. The van der Waals surface area contributed by atoms with Gasteiger partial charge >= 0.3 is 0 Å². The fourth-order valence-electron chi connectivity index (χ4n) is 3.72. The number of nitrogens with zero attached hydrogens (tertiary/aromatic N) is 2. The van der Waals surface area contributed by atoms with E-state index >= 15 is 0 Å². The molecule has 0 unspecified atom stereocenters. The maximum atomic E-state index is 13.5. The van der Waals surface area contributed by atoms with Crippen LogP contribution in [0.4, 0.5) is 5.69 Å². The molecular weight excluding hydrogens is 438 g/mol. The largest absolute Gasteiger partial charge is 0.379 e. The first-order chi connectivity index (χ1) is 15.8. The Bertz CT molecular complexity index is 999. The lowest BCUT2D eigenvalue weighted by molar-refractivity contribution is -0.119. The van der Waals surface area contributed by atoms with Crippen molar-refractivity contribution in [1.82, 2.24) is 10.2 Å². The van der Waals surface area contributed by atoms with Gasteiger partial charge in [-0.2, -0.15) is 0 Å². The number of rotatable bonds is 10. The number of hydrogen-bond acceptors (Lipinski definition) is 5. The molecule has 33 heavy (non-hydrogen) atoms. The molecule has 0 atom stereocenters. The number of benzene rings is 2. The van der Waals surface area contributed by atoms with Crippen molar-refractivity contribution in [2.24, 2.45) is 0 Å². The van der Waals surface area contributed by atoms with Gasteiger partial charge in [0.1, 0.15) is 6.54 Å². The lowest BCUT2D eigenvalue weighted by Gasteiger charge is -2.26. The number of anilines is 1. The SMILES string of the molecule is Cc1ccc(S(=O)(=O)N(CC(=O)NCCCN2CCOCC2)c2ccc(C(C)C)cc2)cc1. The molecule has 0 aromatic heterocycles. The van der Waals surface area contributed by atoms with Gasteiger partial charge in [0.05, 0.1) is 23.8 Å². The van der Waals surface area contributed by atoms with E-state index in [4.69, 9.17) is 4.74 Å². The molecule has 2 aromatic carbocycles. The average Bonchev–Trinajstić information content (AvgIpc) is 2.81. The van der Waals surface area contributed by atoms with Crippen LogP contribution in [0.2, 0.25) is 0 Å². The summed E-state index contributed by atoms with van der Waals surface area (Å²) in [6, 6.07) is 14.1. The highest BCUT2D eigenvalue weighted by atomic mass is 32.2. The topological polar surface area (TPSA) is 79.0 Å². The van der Waals surface area contributed by atoms with E-state index in [0.29, 0.717) is 18.2 Å². The summed E-state index contributed by atoms with van der Waals surface area (Å²) in [6.45, 7) is 10.5. The molecule has 1 amide bonds. The third-order valence-electron chi connectivity index (χ3n) is 5.82. The van der Waals surface area contributed by atoms with Crippen molar-refractivity contribution in [3.8, 4) is 0 Å². The van der Waals surface area contributed by atoms with E-state index in [2.05, 4.69) is 24.1 Å². The first-order valence-electron chi connectivity index (χ1n) is 11.5. The Labute approximate surface area is 197 Å². The molecule has 0 spiro atoms. The fourth-order valence-corrected chi connectivity index (χ4v) is 5.14. The molecule has 7 nitrogen and oxygen atoms in total. The van der Waals surface area contributed by atoms with Gasteiger partial charge in [0.15, 0.2) is 0 Å². The number of hydrogen-bond donors (Lipinski definition) is 1. The predicted octanol–water partition coefficient (Wildman–Crippen LogP) is 3.15. The highest BCUT2D eigenvalue weighted by molar-refractivity contribution is 7.92. The van der Waals surface area contributed by atoms with E-state index in [1.807, 2.05) is 19.1 Å². The van der Waals surface area contributed by atoms with E-state index < -0.39 is 10.0 Å². The van der Waals surface area contributed by atoms with E-state index in [1.165, 1.54) is 4.31 Å². The lowest BCUT2D eigenvalue weighted by atomic mass is 10.0.